The summed E-state index contributed by atoms with van der Waals surface area (Å²) >= 11 is -0.504. The number of hydrogen-bond acceptors (Lipinski definition) is 4. The third kappa shape index (κ3) is 2.49. The van der Waals surface area contributed by atoms with Crippen LogP contribution < -0.4 is 4.74 Å². The van der Waals surface area contributed by atoms with Crippen LogP contribution in [0.25, 0.3) is 0 Å². The molecule has 0 aliphatic heterocycles. The van der Waals surface area contributed by atoms with Crippen molar-refractivity contribution in [3.8, 4) is 5.75 Å². The van der Waals surface area contributed by atoms with E-state index in [1.54, 1.807) is 0 Å². The Morgan fingerprint density at radius 2 is 1.61 bits per heavy atom. The molecule has 0 heterocycles. The van der Waals surface area contributed by atoms with E-state index in [1.165, 1.54) is 6.92 Å². The van der Waals surface area contributed by atoms with Gasteiger partial charge in [-0.1, -0.05) is 6.58 Å². The molecule has 0 saturated carbocycles. The number of benzene rings is 1. The highest BCUT2D eigenvalue weighted by molar-refractivity contribution is 7.93. The first-order chi connectivity index (χ1) is 8.31. The first-order valence-corrected chi connectivity index (χ1v) is 5.13. The Labute approximate surface area is 103 Å². The zero-order valence-electron chi connectivity index (χ0n) is 8.89. The third-order valence-electron chi connectivity index (χ3n) is 1.82. The summed E-state index contributed by atoms with van der Waals surface area (Å²) in [6.07, 6.45) is 0. The van der Waals surface area contributed by atoms with E-state index in [2.05, 4.69) is 11.3 Å². The molecule has 0 aliphatic rings. The highest BCUT2D eigenvalue weighted by Crippen LogP contribution is 2.34. The van der Waals surface area contributed by atoms with Crippen molar-refractivity contribution in [1.29, 1.82) is 0 Å². The normalized spacial score (nSPS) is 10.3. The van der Waals surface area contributed by atoms with Crippen LogP contribution in [0.15, 0.2) is 17.0 Å². The van der Waals surface area contributed by atoms with E-state index in [0.29, 0.717) is 0 Å². The van der Waals surface area contributed by atoms with Gasteiger partial charge in [-0.2, -0.15) is 8.78 Å². The summed E-state index contributed by atoms with van der Waals surface area (Å²) in [4.78, 5) is 9.78. The highest BCUT2D eigenvalue weighted by Gasteiger charge is 2.28. The fraction of sp³-hybridized carbons (Fsp3) is 0.100. The van der Waals surface area contributed by atoms with Gasteiger partial charge in [-0.3, -0.25) is 0 Å². The van der Waals surface area contributed by atoms with Crippen LogP contribution >= 0.6 is 12.0 Å². The summed E-state index contributed by atoms with van der Waals surface area (Å²) in [5.41, 5.74) is -0.213. The molecule has 1 aromatic rings. The summed E-state index contributed by atoms with van der Waals surface area (Å²) in [5, 5.41) is 0. The molecule has 0 saturated heterocycles. The molecule has 8 heteroatoms. The first-order valence-electron chi connectivity index (χ1n) is 4.36. The van der Waals surface area contributed by atoms with Gasteiger partial charge in [-0.15, -0.1) is 0 Å². The number of carbonyl (C=O) groups is 1. The van der Waals surface area contributed by atoms with Crippen LogP contribution in [0.5, 0.6) is 5.75 Å². The molecule has 1 rings (SSSR count). The van der Waals surface area contributed by atoms with Crippen LogP contribution in [0, 0.1) is 23.3 Å². The quantitative estimate of drug-likeness (QED) is 0.231. The zero-order chi connectivity index (χ0) is 14.0. The van der Waals surface area contributed by atoms with Gasteiger partial charge < -0.3 is 9.29 Å². The summed E-state index contributed by atoms with van der Waals surface area (Å²) in [6.45, 7) is 4.32. The van der Waals surface area contributed by atoms with Crippen molar-refractivity contribution in [3.05, 3.63) is 35.4 Å². The molecule has 0 spiro atoms. The summed E-state index contributed by atoms with van der Waals surface area (Å²) in [5.74, 6) is -10.3. The van der Waals surface area contributed by atoms with Crippen LogP contribution in [0.1, 0.15) is 6.92 Å². The second-order valence-corrected chi connectivity index (χ2v) is 3.77. The molecule has 0 bridgehead atoms. The van der Waals surface area contributed by atoms with Crippen molar-refractivity contribution in [1.82, 2.24) is 0 Å². The van der Waals surface area contributed by atoms with Crippen molar-refractivity contribution in [3.63, 3.8) is 0 Å². The van der Waals surface area contributed by atoms with Crippen molar-refractivity contribution in [2.24, 2.45) is 0 Å². The van der Waals surface area contributed by atoms with Crippen molar-refractivity contribution >= 4 is 18.0 Å². The largest absolute Gasteiger partial charge is 0.417 e. The van der Waals surface area contributed by atoms with Crippen LogP contribution in [0.3, 0.4) is 0 Å². The SMILES string of the molecule is C=C(C)C(=O)Oc1c(F)c(F)c(SO)c(F)c1F. The van der Waals surface area contributed by atoms with Crippen molar-refractivity contribution in [2.45, 2.75) is 11.8 Å². The molecule has 0 aliphatic carbocycles. The lowest BCUT2D eigenvalue weighted by atomic mass is 10.3. The predicted octanol–water partition coefficient (Wildman–Crippen LogP) is 3.29. The minimum atomic E-state index is -1.92. The topological polar surface area (TPSA) is 46.5 Å². The monoisotopic (exact) mass is 282 g/mol. The van der Waals surface area contributed by atoms with Crippen LogP contribution in [0.4, 0.5) is 17.6 Å². The van der Waals surface area contributed by atoms with Crippen molar-refractivity contribution < 1.29 is 31.6 Å². The molecule has 0 radical (unpaired) electrons. The number of esters is 1. The molecule has 1 aromatic carbocycles. The predicted molar refractivity (Wildman–Crippen MR) is 55.2 cm³/mol. The lowest BCUT2D eigenvalue weighted by molar-refractivity contribution is -0.130. The van der Waals surface area contributed by atoms with Gasteiger partial charge in [0, 0.05) is 17.6 Å². The van der Waals surface area contributed by atoms with Crippen LogP contribution in [-0.2, 0) is 4.79 Å². The molecule has 1 N–H and O–H groups in total. The van der Waals surface area contributed by atoms with Gasteiger partial charge in [0.05, 0.1) is 0 Å². The number of rotatable bonds is 3. The molecule has 0 amide bonds. The Bertz CT molecular complexity index is 501. The molecule has 0 aromatic heterocycles. The fourth-order valence-corrected chi connectivity index (χ4v) is 1.28. The Morgan fingerprint density at radius 3 is 1.94 bits per heavy atom. The maximum atomic E-state index is 13.3. The smallest absolute Gasteiger partial charge is 0.338 e. The fourth-order valence-electron chi connectivity index (χ4n) is 0.941. The average molecular weight is 282 g/mol. The molecule has 3 nitrogen and oxygen atoms in total. The highest BCUT2D eigenvalue weighted by atomic mass is 32.2. The lowest BCUT2D eigenvalue weighted by Gasteiger charge is -2.09. The van der Waals surface area contributed by atoms with Gasteiger partial charge in [-0.25, -0.2) is 13.6 Å². The number of hydrogen-bond donors (Lipinski definition) is 1. The Balaban J connectivity index is 3.38. The van der Waals surface area contributed by atoms with E-state index in [1.807, 2.05) is 0 Å². The summed E-state index contributed by atoms with van der Waals surface area (Å²) < 4.78 is 65.6. The van der Waals surface area contributed by atoms with Crippen LogP contribution in [-0.4, -0.2) is 10.5 Å². The van der Waals surface area contributed by atoms with Gasteiger partial charge in [0.1, 0.15) is 4.90 Å². The van der Waals surface area contributed by atoms with Gasteiger partial charge in [-0.05, 0) is 6.92 Å². The van der Waals surface area contributed by atoms with E-state index in [4.69, 9.17) is 4.55 Å². The maximum Gasteiger partial charge on any atom is 0.338 e. The number of ether oxygens (including phenoxy) is 1. The Morgan fingerprint density at radius 1 is 1.17 bits per heavy atom. The molecule has 98 valence electrons. The van der Waals surface area contributed by atoms with Crippen LogP contribution in [0.2, 0.25) is 0 Å². The minimum absolute atomic E-state index is 0.213. The Kier molecular flexibility index (Phi) is 4.36. The van der Waals surface area contributed by atoms with Gasteiger partial charge in [0.2, 0.25) is 17.4 Å². The third-order valence-corrected chi connectivity index (χ3v) is 2.36. The molecule has 0 unspecified atom stereocenters. The Hall–Kier alpha value is -1.54. The second-order valence-electron chi connectivity index (χ2n) is 3.18. The number of carbonyl (C=O) groups excluding carboxylic acids is 1. The van der Waals surface area contributed by atoms with E-state index < -0.39 is 51.9 Å². The zero-order valence-corrected chi connectivity index (χ0v) is 9.71. The second kappa shape index (κ2) is 5.40. The van der Waals surface area contributed by atoms with E-state index in [0.717, 1.165) is 0 Å². The summed E-state index contributed by atoms with van der Waals surface area (Å²) in [6, 6.07) is 0. The molecular weight excluding hydrogens is 276 g/mol. The minimum Gasteiger partial charge on any atom is -0.417 e. The molecule has 0 fully saturated rings. The van der Waals surface area contributed by atoms with E-state index in [9.17, 15) is 22.4 Å². The van der Waals surface area contributed by atoms with E-state index in [-0.39, 0.29) is 5.57 Å². The first kappa shape index (κ1) is 14.5. The molecular formula is C10H6F4O3S. The maximum absolute atomic E-state index is 13.3. The summed E-state index contributed by atoms with van der Waals surface area (Å²) in [7, 11) is 0. The van der Waals surface area contributed by atoms with Crippen molar-refractivity contribution in [2.75, 3.05) is 0 Å². The lowest BCUT2D eigenvalue weighted by Crippen LogP contribution is -2.13. The van der Waals surface area contributed by atoms with E-state index >= 15 is 0 Å². The van der Waals surface area contributed by atoms with Gasteiger partial charge in [0.15, 0.2) is 11.6 Å². The van der Waals surface area contributed by atoms with Gasteiger partial charge in [0.25, 0.3) is 0 Å². The molecule has 0 atom stereocenters. The standard InChI is InChI=1S/C10H6F4O3S/c1-3(2)10(15)17-8-4(11)6(13)9(18-16)7(14)5(8)12/h16H,1H2,2H3. The number of halogens is 4. The molecule has 18 heavy (non-hydrogen) atoms. The average Bonchev–Trinajstić information content (AvgIpc) is 2.32. The van der Waals surface area contributed by atoms with Gasteiger partial charge >= 0.3 is 5.97 Å².